The van der Waals surface area contributed by atoms with Crippen molar-refractivity contribution in [3.63, 3.8) is 0 Å². The number of hydrogen-bond acceptors (Lipinski definition) is 5. The molecular formula is C17H17N3O5S. The van der Waals surface area contributed by atoms with Crippen LogP contribution < -0.4 is 9.62 Å². The molecule has 1 aliphatic rings. The van der Waals surface area contributed by atoms with Crippen LogP contribution in [0.3, 0.4) is 0 Å². The van der Waals surface area contributed by atoms with E-state index in [1.165, 1.54) is 22.5 Å². The highest BCUT2D eigenvalue weighted by molar-refractivity contribution is 7.92. The summed E-state index contributed by atoms with van der Waals surface area (Å²) < 4.78 is 25.3. The highest BCUT2D eigenvalue weighted by Crippen LogP contribution is 2.32. The number of nitro benzene ring substituents is 1. The fourth-order valence-corrected chi connectivity index (χ4v) is 3.97. The number of carbonyl (C=O) groups excluding carboxylic acids is 1. The number of fused-ring (bicyclic) bond motifs is 1. The maximum absolute atomic E-state index is 12.4. The summed E-state index contributed by atoms with van der Waals surface area (Å²) in [4.78, 5) is 22.9. The standard InChI is InChI=1S/C17H17N3O5S/c1-26(24,25)19-10-4-5-12-8-9-13(11-16(12)19)18-17(21)14-6-2-3-7-15(14)20(22)23/h2-3,6-9,11H,4-5,10H2,1H3,(H,18,21). The number of nitrogens with one attached hydrogen (secondary N) is 1. The third-order valence-electron chi connectivity index (χ3n) is 4.16. The molecule has 1 heterocycles. The SMILES string of the molecule is CS(=O)(=O)N1CCCc2ccc(NC(=O)c3ccccc3[N+](=O)[O-])cc21. The quantitative estimate of drug-likeness (QED) is 0.652. The molecule has 2 aromatic rings. The molecule has 9 heteroatoms. The van der Waals surface area contributed by atoms with Gasteiger partial charge in [0.15, 0.2) is 0 Å². The second kappa shape index (κ2) is 6.75. The zero-order chi connectivity index (χ0) is 18.9. The molecule has 0 aliphatic carbocycles. The molecule has 136 valence electrons. The van der Waals surface area contributed by atoms with Crippen molar-refractivity contribution in [2.24, 2.45) is 0 Å². The largest absolute Gasteiger partial charge is 0.322 e. The van der Waals surface area contributed by atoms with Gasteiger partial charge in [0.1, 0.15) is 5.56 Å². The molecule has 0 bridgehead atoms. The lowest BCUT2D eigenvalue weighted by Crippen LogP contribution is -2.34. The van der Waals surface area contributed by atoms with Gasteiger partial charge in [-0.05, 0) is 36.6 Å². The van der Waals surface area contributed by atoms with E-state index in [0.717, 1.165) is 24.7 Å². The van der Waals surface area contributed by atoms with Crippen molar-refractivity contribution in [2.45, 2.75) is 12.8 Å². The van der Waals surface area contributed by atoms with Crippen LogP contribution in [0, 0.1) is 10.1 Å². The van der Waals surface area contributed by atoms with E-state index in [1.807, 2.05) is 0 Å². The van der Waals surface area contributed by atoms with Gasteiger partial charge >= 0.3 is 0 Å². The zero-order valence-electron chi connectivity index (χ0n) is 14.0. The molecule has 0 atom stereocenters. The Morgan fingerprint density at radius 2 is 1.96 bits per heavy atom. The number of benzene rings is 2. The van der Waals surface area contributed by atoms with E-state index >= 15 is 0 Å². The van der Waals surface area contributed by atoms with E-state index in [9.17, 15) is 23.3 Å². The molecule has 2 aromatic carbocycles. The maximum Gasteiger partial charge on any atom is 0.282 e. The number of nitrogens with zero attached hydrogens (tertiary/aromatic N) is 2. The Morgan fingerprint density at radius 1 is 1.23 bits per heavy atom. The van der Waals surface area contributed by atoms with E-state index in [4.69, 9.17) is 0 Å². The van der Waals surface area contributed by atoms with Crippen LogP contribution in [0.15, 0.2) is 42.5 Å². The molecule has 1 aliphatic heterocycles. The summed E-state index contributed by atoms with van der Waals surface area (Å²) in [6, 6.07) is 10.7. The zero-order valence-corrected chi connectivity index (χ0v) is 14.8. The number of aryl methyl sites for hydroxylation is 1. The van der Waals surface area contributed by atoms with E-state index < -0.39 is 20.9 Å². The molecule has 0 radical (unpaired) electrons. The molecule has 0 aromatic heterocycles. The van der Waals surface area contributed by atoms with Crippen molar-refractivity contribution in [1.29, 1.82) is 0 Å². The number of carbonyl (C=O) groups is 1. The number of rotatable bonds is 4. The highest BCUT2D eigenvalue weighted by atomic mass is 32.2. The lowest BCUT2D eigenvalue weighted by molar-refractivity contribution is -0.385. The summed E-state index contributed by atoms with van der Waals surface area (Å²) >= 11 is 0. The normalized spacial score (nSPS) is 13.8. The van der Waals surface area contributed by atoms with Crippen LogP contribution in [0.25, 0.3) is 0 Å². The third-order valence-corrected chi connectivity index (χ3v) is 5.34. The number of para-hydroxylation sites is 1. The highest BCUT2D eigenvalue weighted by Gasteiger charge is 2.25. The van der Waals surface area contributed by atoms with Crippen molar-refractivity contribution in [3.05, 3.63) is 63.7 Å². The molecule has 0 saturated heterocycles. The van der Waals surface area contributed by atoms with Crippen molar-refractivity contribution < 1.29 is 18.1 Å². The van der Waals surface area contributed by atoms with Crippen molar-refractivity contribution in [2.75, 3.05) is 22.4 Å². The van der Waals surface area contributed by atoms with Gasteiger partial charge in [-0.2, -0.15) is 0 Å². The van der Waals surface area contributed by atoms with Gasteiger partial charge in [-0.15, -0.1) is 0 Å². The van der Waals surface area contributed by atoms with Gasteiger partial charge in [0.05, 0.1) is 16.9 Å². The molecule has 26 heavy (non-hydrogen) atoms. The number of nitro groups is 1. The Morgan fingerprint density at radius 3 is 2.65 bits per heavy atom. The van der Waals surface area contributed by atoms with Crippen LogP contribution in [0.2, 0.25) is 0 Å². The average Bonchev–Trinajstić information content (AvgIpc) is 2.60. The molecule has 0 saturated carbocycles. The Kier molecular flexibility index (Phi) is 4.64. The van der Waals surface area contributed by atoms with Crippen LogP contribution in [0.1, 0.15) is 22.3 Å². The van der Waals surface area contributed by atoms with E-state index in [0.29, 0.717) is 17.9 Å². The van der Waals surface area contributed by atoms with E-state index in [1.54, 1.807) is 24.3 Å². The topological polar surface area (TPSA) is 110 Å². The smallest absolute Gasteiger partial charge is 0.282 e. The molecule has 0 unspecified atom stereocenters. The monoisotopic (exact) mass is 375 g/mol. The fraction of sp³-hybridized carbons (Fsp3) is 0.235. The number of sulfonamides is 1. The van der Waals surface area contributed by atoms with E-state index in [2.05, 4.69) is 5.32 Å². The number of amides is 1. The summed E-state index contributed by atoms with van der Waals surface area (Å²) in [5, 5.41) is 13.7. The minimum absolute atomic E-state index is 0.0600. The first-order valence-electron chi connectivity index (χ1n) is 7.93. The van der Waals surface area contributed by atoms with Gasteiger partial charge < -0.3 is 5.32 Å². The van der Waals surface area contributed by atoms with Crippen LogP contribution in [0.4, 0.5) is 17.1 Å². The van der Waals surface area contributed by atoms with Crippen LogP contribution in [-0.4, -0.2) is 32.0 Å². The molecule has 1 amide bonds. The summed E-state index contributed by atoms with van der Waals surface area (Å²) in [7, 11) is -3.42. The molecule has 1 N–H and O–H groups in total. The first-order chi connectivity index (χ1) is 12.3. The Balaban J connectivity index is 1.93. The summed E-state index contributed by atoms with van der Waals surface area (Å²) in [5.41, 5.74) is 1.43. The number of hydrogen-bond donors (Lipinski definition) is 1. The second-order valence-electron chi connectivity index (χ2n) is 6.01. The van der Waals surface area contributed by atoms with Crippen molar-refractivity contribution in [1.82, 2.24) is 0 Å². The number of anilines is 2. The lowest BCUT2D eigenvalue weighted by Gasteiger charge is -2.29. The van der Waals surface area contributed by atoms with E-state index in [-0.39, 0.29) is 11.3 Å². The fourth-order valence-electron chi connectivity index (χ4n) is 2.99. The van der Waals surface area contributed by atoms with Gasteiger partial charge in [0.2, 0.25) is 10.0 Å². The first-order valence-corrected chi connectivity index (χ1v) is 9.77. The molecule has 0 spiro atoms. The Hall–Kier alpha value is -2.94. The van der Waals surface area contributed by atoms with Crippen LogP contribution >= 0.6 is 0 Å². The minimum atomic E-state index is -3.42. The van der Waals surface area contributed by atoms with Crippen molar-refractivity contribution >= 4 is 33.0 Å². The molecule has 0 fully saturated rings. The minimum Gasteiger partial charge on any atom is -0.322 e. The Bertz CT molecular complexity index is 988. The van der Waals surface area contributed by atoms with Gasteiger partial charge in [-0.3, -0.25) is 19.2 Å². The maximum atomic E-state index is 12.4. The predicted molar refractivity (Wildman–Crippen MR) is 98.0 cm³/mol. The Labute approximate surface area is 150 Å². The summed E-state index contributed by atoms with van der Waals surface area (Å²) in [6.45, 7) is 0.382. The average molecular weight is 375 g/mol. The third kappa shape index (κ3) is 3.52. The second-order valence-corrected chi connectivity index (χ2v) is 7.92. The van der Waals surface area contributed by atoms with Crippen molar-refractivity contribution in [3.8, 4) is 0 Å². The van der Waals surface area contributed by atoms with Crippen LogP contribution in [0.5, 0.6) is 0 Å². The van der Waals surface area contributed by atoms with Gasteiger partial charge in [0.25, 0.3) is 11.6 Å². The summed E-state index contributed by atoms with van der Waals surface area (Å²) in [5.74, 6) is -0.626. The van der Waals surface area contributed by atoms with Gasteiger partial charge in [-0.25, -0.2) is 8.42 Å². The first kappa shape index (κ1) is 17.9. The lowest BCUT2D eigenvalue weighted by atomic mass is 10.0. The molecule has 3 rings (SSSR count). The van der Waals surface area contributed by atoms with Crippen LogP contribution in [-0.2, 0) is 16.4 Å². The van der Waals surface area contributed by atoms with Gasteiger partial charge in [-0.1, -0.05) is 18.2 Å². The molecular weight excluding hydrogens is 358 g/mol. The predicted octanol–water partition coefficient (Wildman–Crippen LogP) is 2.56. The summed E-state index contributed by atoms with van der Waals surface area (Å²) in [6.07, 6.45) is 2.61. The van der Waals surface area contributed by atoms with Gasteiger partial charge in [0, 0.05) is 18.3 Å². The molecule has 8 nitrogen and oxygen atoms in total.